The van der Waals surface area contributed by atoms with Crippen molar-refractivity contribution in [2.75, 3.05) is 20.1 Å². The summed E-state index contributed by atoms with van der Waals surface area (Å²) < 4.78 is 0. The maximum atomic E-state index is 9.22. The minimum absolute atomic E-state index is 0.398. The summed E-state index contributed by atoms with van der Waals surface area (Å²) in [6.07, 6.45) is 4.75. The van der Waals surface area contributed by atoms with Gasteiger partial charge in [0, 0.05) is 6.04 Å². The molecule has 0 saturated carbocycles. The second kappa shape index (κ2) is 6.04. The Balaban J connectivity index is 2.51. The van der Waals surface area contributed by atoms with Gasteiger partial charge in [-0.15, -0.1) is 0 Å². The van der Waals surface area contributed by atoms with Crippen LogP contribution in [0.4, 0.5) is 0 Å². The van der Waals surface area contributed by atoms with Gasteiger partial charge in [-0.25, -0.2) is 0 Å². The Hall–Kier alpha value is -0.590. The van der Waals surface area contributed by atoms with Crippen LogP contribution >= 0.6 is 0 Å². The number of piperidine rings is 1. The molecule has 0 aromatic carbocycles. The summed E-state index contributed by atoms with van der Waals surface area (Å²) in [4.78, 5) is 2.55. The summed E-state index contributed by atoms with van der Waals surface area (Å²) in [6.45, 7) is 11.3. The molecule has 1 aliphatic heterocycles. The lowest BCUT2D eigenvalue weighted by molar-refractivity contribution is 0.0768. The molecular formula is C15H29N3. The van der Waals surface area contributed by atoms with E-state index in [4.69, 9.17) is 0 Å². The van der Waals surface area contributed by atoms with E-state index in [0.717, 1.165) is 6.42 Å². The predicted molar refractivity (Wildman–Crippen MR) is 76.4 cm³/mol. The summed E-state index contributed by atoms with van der Waals surface area (Å²) >= 11 is 0. The standard InChI is InChI=1S/C15H29N3/c1-6-14(3)7-9-18(10-8-14)13(2)11-15(4,12-16)17-5/h13,17H,6-11H2,1-5H3. The van der Waals surface area contributed by atoms with Gasteiger partial charge in [0.25, 0.3) is 0 Å². The van der Waals surface area contributed by atoms with E-state index in [1.54, 1.807) is 0 Å². The first-order valence-electron chi connectivity index (χ1n) is 7.22. The summed E-state index contributed by atoms with van der Waals surface area (Å²) in [7, 11) is 1.88. The van der Waals surface area contributed by atoms with Crippen LogP contribution in [0.15, 0.2) is 0 Å². The number of hydrogen-bond acceptors (Lipinski definition) is 3. The molecule has 18 heavy (non-hydrogen) atoms. The molecule has 0 bridgehead atoms. The minimum Gasteiger partial charge on any atom is -0.303 e. The van der Waals surface area contributed by atoms with Crippen molar-refractivity contribution in [3.63, 3.8) is 0 Å². The summed E-state index contributed by atoms with van der Waals surface area (Å²) in [5, 5.41) is 12.4. The third-order valence-corrected chi connectivity index (χ3v) is 4.98. The van der Waals surface area contributed by atoms with Crippen molar-refractivity contribution in [2.24, 2.45) is 5.41 Å². The zero-order valence-electron chi connectivity index (χ0n) is 12.7. The van der Waals surface area contributed by atoms with Crippen LogP contribution in [-0.2, 0) is 0 Å². The Labute approximate surface area is 113 Å². The molecule has 0 radical (unpaired) electrons. The molecule has 0 aliphatic carbocycles. The van der Waals surface area contributed by atoms with Crippen molar-refractivity contribution in [1.29, 1.82) is 5.26 Å². The van der Waals surface area contributed by atoms with Gasteiger partial charge in [-0.1, -0.05) is 20.3 Å². The van der Waals surface area contributed by atoms with Gasteiger partial charge in [0.15, 0.2) is 0 Å². The van der Waals surface area contributed by atoms with Crippen LogP contribution in [0.25, 0.3) is 0 Å². The summed E-state index contributed by atoms with van der Waals surface area (Å²) in [5.41, 5.74) is 0.142. The Bertz CT molecular complexity index is 299. The van der Waals surface area contributed by atoms with E-state index in [0.29, 0.717) is 11.5 Å². The van der Waals surface area contributed by atoms with Gasteiger partial charge in [0.1, 0.15) is 5.54 Å². The fourth-order valence-electron chi connectivity index (χ4n) is 2.78. The fourth-order valence-corrected chi connectivity index (χ4v) is 2.78. The average Bonchev–Trinajstić information content (AvgIpc) is 2.39. The van der Waals surface area contributed by atoms with Crippen LogP contribution in [0.2, 0.25) is 0 Å². The topological polar surface area (TPSA) is 39.1 Å². The van der Waals surface area contributed by atoms with Crippen molar-refractivity contribution >= 4 is 0 Å². The molecule has 1 saturated heterocycles. The molecular weight excluding hydrogens is 222 g/mol. The van der Waals surface area contributed by atoms with Gasteiger partial charge in [-0.3, -0.25) is 0 Å². The van der Waals surface area contributed by atoms with Gasteiger partial charge in [0.05, 0.1) is 6.07 Å². The fraction of sp³-hybridized carbons (Fsp3) is 0.933. The molecule has 3 nitrogen and oxygen atoms in total. The third-order valence-electron chi connectivity index (χ3n) is 4.98. The van der Waals surface area contributed by atoms with Crippen LogP contribution in [0.1, 0.15) is 53.4 Å². The smallest absolute Gasteiger partial charge is 0.105 e. The number of nitriles is 1. The van der Waals surface area contributed by atoms with Gasteiger partial charge in [-0.2, -0.15) is 5.26 Å². The van der Waals surface area contributed by atoms with E-state index in [-0.39, 0.29) is 0 Å². The normalized spacial score (nSPS) is 25.1. The lowest BCUT2D eigenvalue weighted by Crippen LogP contribution is -2.48. The largest absolute Gasteiger partial charge is 0.303 e. The molecule has 1 N–H and O–H groups in total. The lowest BCUT2D eigenvalue weighted by Gasteiger charge is -2.42. The van der Waals surface area contributed by atoms with Crippen molar-refractivity contribution in [1.82, 2.24) is 10.2 Å². The molecule has 1 heterocycles. The van der Waals surface area contributed by atoms with E-state index in [1.165, 1.54) is 32.4 Å². The molecule has 104 valence electrons. The van der Waals surface area contributed by atoms with Crippen LogP contribution < -0.4 is 5.32 Å². The second-order valence-electron chi connectivity index (χ2n) is 6.45. The van der Waals surface area contributed by atoms with Gasteiger partial charge in [-0.05, 0) is 58.7 Å². The number of likely N-dealkylation sites (tertiary alicyclic amines) is 1. The Kier molecular flexibility index (Phi) is 5.19. The minimum atomic E-state index is -0.398. The number of hydrogen-bond donors (Lipinski definition) is 1. The summed E-state index contributed by atoms with van der Waals surface area (Å²) in [5.74, 6) is 0. The molecule has 1 rings (SSSR count). The van der Waals surface area contributed by atoms with Crippen LogP contribution in [0.3, 0.4) is 0 Å². The van der Waals surface area contributed by atoms with Crippen molar-refractivity contribution in [3.8, 4) is 6.07 Å². The number of nitrogens with one attached hydrogen (secondary N) is 1. The van der Waals surface area contributed by atoms with E-state index in [9.17, 15) is 5.26 Å². The molecule has 1 aliphatic rings. The van der Waals surface area contributed by atoms with E-state index < -0.39 is 5.54 Å². The quantitative estimate of drug-likeness (QED) is 0.816. The Morgan fingerprint density at radius 2 is 2.00 bits per heavy atom. The highest BCUT2D eigenvalue weighted by molar-refractivity contribution is 5.05. The molecule has 0 amide bonds. The third kappa shape index (κ3) is 3.70. The Morgan fingerprint density at radius 3 is 2.39 bits per heavy atom. The lowest BCUT2D eigenvalue weighted by atomic mass is 9.77. The summed E-state index contributed by atoms with van der Waals surface area (Å²) in [6, 6.07) is 2.86. The van der Waals surface area contributed by atoms with E-state index in [1.807, 2.05) is 14.0 Å². The predicted octanol–water partition coefficient (Wildman–Crippen LogP) is 2.78. The molecule has 2 unspecified atom stereocenters. The van der Waals surface area contributed by atoms with Crippen LogP contribution in [0.5, 0.6) is 0 Å². The number of nitrogens with zero attached hydrogens (tertiary/aromatic N) is 2. The second-order valence-corrected chi connectivity index (χ2v) is 6.45. The van der Waals surface area contributed by atoms with Crippen molar-refractivity contribution in [3.05, 3.63) is 0 Å². The molecule has 0 aromatic rings. The highest BCUT2D eigenvalue weighted by Crippen LogP contribution is 2.35. The first-order valence-corrected chi connectivity index (χ1v) is 7.22. The van der Waals surface area contributed by atoms with Gasteiger partial charge in [0.2, 0.25) is 0 Å². The van der Waals surface area contributed by atoms with E-state index >= 15 is 0 Å². The SMILES string of the molecule is CCC1(C)CCN(C(C)CC(C)(C#N)NC)CC1. The molecule has 2 atom stereocenters. The maximum absolute atomic E-state index is 9.22. The number of rotatable bonds is 5. The maximum Gasteiger partial charge on any atom is 0.105 e. The highest BCUT2D eigenvalue weighted by Gasteiger charge is 2.32. The Morgan fingerprint density at radius 1 is 1.44 bits per heavy atom. The molecule has 3 heteroatoms. The molecule has 0 spiro atoms. The van der Waals surface area contributed by atoms with Crippen LogP contribution in [0, 0.1) is 16.7 Å². The zero-order valence-corrected chi connectivity index (χ0v) is 12.7. The molecule has 0 aromatic heterocycles. The van der Waals surface area contributed by atoms with Crippen molar-refractivity contribution in [2.45, 2.75) is 65.0 Å². The monoisotopic (exact) mass is 251 g/mol. The van der Waals surface area contributed by atoms with Crippen LogP contribution in [-0.4, -0.2) is 36.6 Å². The highest BCUT2D eigenvalue weighted by atomic mass is 15.2. The molecule has 1 fully saturated rings. The van der Waals surface area contributed by atoms with Gasteiger partial charge < -0.3 is 10.2 Å². The first kappa shape index (κ1) is 15.5. The first-order chi connectivity index (χ1) is 8.38. The van der Waals surface area contributed by atoms with Crippen molar-refractivity contribution < 1.29 is 0 Å². The average molecular weight is 251 g/mol. The zero-order chi connectivity index (χ0) is 13.8. The van der Waals surface area contributed by atoms with E-state index in [2.05, 4.69) is 37.1 Å². The van der Waals surface area contributed by atoms with Gasteiger partial charge >= 0.3 is 0 Å².